The first-order valence-corrected chi connectivity index (χ1v) is 5.54. The normalized spacial score (nSPS) is 12.4. The average Bonchev–Trinajstić information content (AvgIpc) is 2.64. The van der Waals surface area contributed by atoms with Crippen LogP contribution in [0.15, 0.2) is 36.7 Å². The van der Waals surface area contributed by atoms with E-state index in [0.717, 1.165) is 16.3 Å². The molecule has 0 saturated heterocycles. The van der Waals surface area contributed by atoms with Crippen molar-refractivity contribution in [3.05, 3.63) is 47.2 Å². The Hall–Kier alpha value is -1.48. The summed E-state index contributed by atoms with van der Waals surface area (Å²) in [4.78, 5) is 0. The molecule has 0 aliphatic rings. The van der Waals surface area contributed by atoms with Crippen LogP contribution < -0.4 is 5.32 Å². The minimum Gasteiger partial charge on any atom is -0.376 e. The van der Waals surface area contributed by atoms with Crippen LogP contribution in [0.1, 0.15) is 18.5 Å². The highest BCUT2D eigenvalue weighted by Crippen LogP contribution is 2.25. The minimum atomic E-state index is 0.165. The Morgan fingerprint density at radius 2 is 2.12 bits per heavy atom. The number of aromatic nitrogens is 2. The van der Waals surface area contributed by atoms with E-state index >= 15 is 0 Å². The van der Waals surface area contributed by atoms with Gasteiger partial charge in [0, 0.05) is 18.3 Å². The summed E-state index contributed by atoms with van der Waals surface area (Å²) < 4.78 is 1.77. The van der Waals surface area contributed by atoms with Gasteiger partial charge in [-0.2, -0.15) is 5.10 Å². The summed E-state index contributed by atoms with van der Waals surface area (Å²) >= 11 is 6.13. The largest absolute Gasteiger partial charge is 0.376 e. The van der Waals surface area contributed by atoms with E-state index in [0.29, 0.717) is 0 Å². The molecule has 84 valence electrons. The zero-order chi connectivity index (χ0) is 11.5. The maximum Gasteiger partial charge on any atom is 0.0731 e. The van der Waals surface area contributed by atoms with Crippen LogP contribution in [0, 0.1) is 0 Å². The van der Waals surface area contributed by atoms with Crippen LogP contribution in [0.3, 0.4) is 0 Å². The first kappa shape index (κ1) is 11.0. The van der Waals surface area contributed by atoms with Gasteiger partial charge in [-0.05, 0) is 18.6 Å². The van der Waals surface area contributed by atoms with Crippen molar-refractivity contribution in [1.29, 1.82) is 0 Å². The molecule has 0 fully saturated rings. The van der Waals surface area contributed by atoms with Crippen LogP contribution >= 0.6 is 11.6 Å². The molecule has 1 aromatic carbocycles. The van der Waals surface area contributed by atoms with Crippen molar-refractivity contribution in [2.45, 2.75) is 13.0 Å². The highest BCUT2D eigenvalue weighted by Gasteiger charge is 2.09. The molecule has 1 N–H and O–H groups in total. The third-order valence-electron chi connectivity index (χ3n) is 2.46. The monoisotopic (exact) mass is 235 g/mol. The Balaban J connectivity index is 2.14. The lowest BCUT2D eigenvalue weighted by molar-refractivity contribution is 0.767. The van der Waals surface area contributed by atoms with E-state index in [2.05, 4.69) is 17.3 Å². The van der Waals surface area contributed by atoms with Gasteiger partial charge in [-0.3, -0.25) is 4.68 Å². The summed E-state index contributed by atoms with van der Waals surface area (Å²) in [5, 5.41) is 8.24. The molecule has 16 heavy (non-hydrogen) atoms. The molecule has 1 unspecified atom stereocenters. The Bertz CT molecular complexity index is 479. The predicted molar refractivity (Wildman–Crippen MR) is 66.7 cm³/mol. The van der Waals surface area contributed by atoms with Crippen molar-refractivity contribution >= 4 is 17.3 Å². The molecule has 0 saturated carbocycles. The molecule has 2 rings (SSSR count). The molecule has 3 nitrogen and oxygen atoms in total. The molecule has 4 heteroatoms. The fourth-order valence-corrected chi connectivity index (χ4v) is 1.95. The molecular formula is C12H14ClN3. The quantitative estimate of drug-likeness (QED) is 0.885. The highest BCUT2D eigenvalue weighted by atomic mass is 35.5. The van der Waals surface area contributed by atoms with E-state index in [1.54, 1.807) is 10.9 Å². The van der Waals surface area contributed by atoms with Gasteiger partial charge in [0.2, 0.25) is 0 Å². The van der Waals surface area contributed by atoms with Crippen molar-refractivity contribution in [2.75, 3.05) is 5.32 Å². The zero-order valence-electron chi connectivity index (χ0n) is 9.31. The lowest BCUT2D eigenvalue weighted by atomic mass is 10.1. The molecule has 0 spiro atoms. The summed E-state index contributed by atoms with van der Waals surface area (Å²) in [6.07, 6.45) is 3.74. The molecule has 0 aliphatic heterocycles. The summed E-state index contributed by atoms with van der Waals surface area (Å²) in [5.41, 5.74) is 2.09. The molecule has 1 heterocycles. The number of hydrogen-bond acceptors (Lipinski definition) is 2. The van der Waals surface area contributed by atoms with E-state index < -0.39 is 0 Å². The summed E-state index contributed by atoms with van der Waals surface area (Å²) in [5.74, 6) is 0. The summed E-state index contributed by atoms with van der Waals surface area (Å²) in [7, 11) is 1.89. The van der Waals surface area contributed by atoms with Crippen LogP contribution in [-0.4, -0.2) is 9.78 Å². The van der Waals surface area contributed by atoms with Gasteiger partial charge in [0.25, 0.3) is 0 Å². The van der Waals surface area contributed by atoms with E-state index in [-0.39, 0.29) is 6.04 Å². The second-order valence-electron chi connectivity index (χ2n) is 3.79. The summed E-state index contributed by atoms with van der Waals surface area (Å²) in [6.45, 7) is 2.08. The van der Waals surface area contributed by atoms with E-state index in [9.17, 15) is 0 Å². The first-order chi connectivity index (χ1) is 7.66. The van der Waals surface area contributed by atoms with Crippen molar-refractivity contribution in [2.24, 2.45) is 7.05 Å². The average molecular weight is 236 g/mol. The number of nitrogens with zero attached hydrogens (tertiary/aromatic N) is 2. The maximum absolute atomic E-state index is 6.13. The van der Waals surface area contributed by atoms with Gasteiger partial charge in [0.05, 0.1) is 17.9 Å². The number of hydrogen-bond donors (Lipinski definition) is 1. The number of nitrogens with one attached hydrogen (secondary N) is 1. The van der Waals surface area contributed by atoms with Gasteiger partial charge in [-0.25, -0.2) is 0 Å². The molecule has 0 radical (unpaired) electrons. The third-order valence-corrected chi connectivity index (χ3v) is 2.80. The van der Waals surface area contributed by atoms with Crippen molar-refractivity contribution in [1.82, 2.24) is 9.78 Å². The number of halogens is 1. The fourth-order valence-electron chi connectivity index (χ4n) is 1.65. The standard InChI is InChI=1S/C12H14ClN3/c1-9(11-5-3-4-6-12(11)13)15-10-7-14-16(2)8-10/h3-9,15H,1-2H3. The minimum absolute atomic E-state index is 0.165. The number of benzene rings is 1. The van der Waals surface area contributed by atoms with Crippen LogP contribution in [0.2, 0.25) is 5.02 Å². The molecule has 0 amide bonds. The maximum atomic E-state index is 6.13. The van der Waals surface area contributed by atoms with Gasteiger partial charge in [-0.15, -0.1) is 0 Å². The van der Waals surface area contributed by atoms with E-state index in [1.165, 1.54) is 0 Å². The Labute approximate surface area is 100 Å². The van der Waals surface area contributed by atoms with Crippen LogP contribution in [0.5, 0.6) is 0 Å². The van der Waals surface area contributed by atoms with Crippen molar-refractivity contribution < 1.29 is 0 Å². The lowest BCUT2D eigenvalue weighted by Crippen LogP contribution is -2.06. The van der Waals surface area contributed by atoms with Gasteiger partial charge in [-0.1, -0.05) is 29.8 Å². The lowest BCUT2D eigenvalue weighted by Gasteiger charge is -2.15. The molecule has 1 atom stereocenters. The number of anilines is 1. The van der Waals surface area contributed by atoms with Crippen LogP contribution in [-0.2, 0) is 7.05 Å². The topological polar surface area (TPSA) is 29.9 Å². The zero-order valence-corrected chi connectivity index (χ0v) is 10.1. The van der Waals surface area contributed by atoms with Gasteiger partial charge in [0.1, 0.15) is 0 Å². The van der Waals surface area contributed by atoms with Crippen molar-refractivity contribution in [3.63, 3.8) is 0 Å². The molecule has 2 aromatic rings. The van der Waals surface area contributed by atoms with Crippen molar-refractivity contribution in [3.8, 4) is 0 Å². The number of aryl methyl sites for hydroxylation is 1. The second-order valence-corrected chi connectivity index (χ2v) is 4.20. The smallest absolute Gasteiger partial charge is 0.0731 e. The van der Waals surface area contributed by atoms with Crippen LogP contribution in [0.4, 0.5) is 5.69 Å². The van der Waals surface area contributed by atoms with E-state index in [1.807, 2.05) is 37.5 Å². The molecular weight excluding hydrogens is 222 g/mol. The predicted octanol–water partition coefficient (Wildman–Crippen LogP) is 3.25. The number of rotatable bonds is 3. The Morgan fingerprint density at radius 3 is 2.75 bits per heavy atom. The van der Waals surface area contributed by atoms with Gasteiger partial charge >= 0.3 is 0 Å². The van der Waals surface area contributed by atoms with Gasteiger partial charge in [0.15, 0.2) is 0 Å². The first-order valence-electron chi connectivity index (χ1n) is 5.16. The Kier molecular flexibility index (Phi) is 3.15. The molecule has 0 aliphatic carbocycles. The van der Waals surface area contributed by atoms with Crippen LogP contribution in [0.25, 0.3) is 0 Å². The molecule has 1 aromatic heterocycles. The van der Waals surface area contributed by atoms with E-state index in [4.69, 9.17) is 11.6 Å². The second kappa shape index (κ2) is 4.58. The SMILES string of the molecule is CC(Nc1cnn(C)c1)c1ccccc1Cl. The fraction of sp³-hybridized carbons (Fsp3) is 0.250. The highest BCUT2D eigenvalue weighted by molar-refractivity contribution is 6.31. The van der Waals surface area contributed by atoms with Gasteiger partial charge < -0.3 is 5.32 Å². The third kappa shape index (κ3) is 2.36. The Morgan fingerprint density at radius 1 is 1.38 bits per heavy atom. The molecule has 0 bridgehead atoms. The summed E-state index contributed by atoms with van der Waals surface area (Å²) in [6, 6.07) is 8.01.